The van der Waals surface area contributed by atoms with Gasteiger partial charge in [-0.1, -0.05) is 30.3 Å². The van der Waals surface area contributed by atoms with Crippen molar-refractivity contribution >= 4 is 0 Å². The van der Waals surface area contributed by atoms with Crippen LogP contribution in [0.4, 0.5) is 13.2 Å². The molecule has 0 amide bonds. The van der Waals surface area contributed by atoms with E-state index in [4.69, 9.17) is 4.42 Å². The first-order valence-electron chi connectivity index (χ1n) is 10.3. The van der Waals surface area contributed by atoms with Crippen molar-refractivity contribution in [2.45, 2.75) is 31.6 Å². The van der Waals surface area contributed by atoms with E-state index in [-0.39, 0.29) is 6.04 Å². The maximum absolute atomic E-state index is 13.1. The van der Waals surface area contributed by atoms with Gasteiger partial charge in [0.2, 0.25) is 11.8 Å². The average molecular weight is 439 g/mol. The molecule has 1 N–H and O–H groups in total. The van der Waals surface area contributed by atoms with Gasteiger partial charge in [0.15, 0.2) is 0 Å². The van der Waals surface area contributed by atoms with Gasteiger partial charge in [-0.05, 0) is 43.7 Å². The lowest BCUT2D eigenvalue weighted by molar-refractivity contribution is -0.137. The smallest absolute Gasteiger partial charge is 0.416 e. The van der Waals surface area contributed by atoms with Gasteiger partial charge in [-0.3, -0.25) is 4.90 Å². The summed E-state index contributed by atoms with van der Waals surface area (Å²) in [6.45, 7) is 1.32. The lowest BCUT2D eigenvalue weighted by atomic mass is 10.1. The van der Waals surface area contributed by atoms with Gasteiger partial charge in [-0.2, -0.15) is 13.2 Å². The number of imidazole rings is 1. The number of aromatic nitrogens is 4. The zero-order chi connectivity index (χ0) is 22.1. The van der Waals surface area contributed by atoms with E-state index in [0.29, 0.717) is 29.6 Å². The van der Waals surface area contributed by atoms with Crippen LogP contribution in [-0.2, 0) is 12.7 Å². The summed E-state index contributed by atoms with van der Waals surface area (Å²) in [7, 11) is 0. The fourth-order valence-electron chi connectivity index (χ4n) is 4.03. The summed E-state index contributed by atoms with van der Waals surface area (Å²) < 4.78 is 45.0. The standard InChI is InChI=1S/C23H20F3N5O/c24-23(25,26)17-9-4-8-16(12-17)18-13-27-21(28-18)19-10-5-11-31(19)14-20-29-30-22(32-20)15-6-2-1-3-7-15/h1-4,6-9,12-13,19H,5,10-11,14H2,(H,27,28)/t19-/m0/s1. The van der Waals surface area contributed by atoms with Crippen LogP contribution in [0.5, 0.6) is 0 Å². The third-order valence-electron chi connectivity index (χ3n) is 5.60. The van der Waals surface area contributed by atoms with E-state index in [2.05, 4.69) is 25.1 Å². The van der Waals surface area contributed by atoms with Crippen molar-refractivity contribution in [3.8, 4) is 22.7 Å². The maximum Gasteiger partial charge on any atom is 0.416 e. The highest BCUT2D eigenvalue weighted by molar-refractivity contribution is 5.60. The molecule has 4 aromatic rings. The number of likely N-dealkylation sites (tertiary alicyclic amines) is 1. The first kappa shape index (κ1) is 20.4. The SMILES string of the molecule is FC(F)(F)c1cccc(-c2cnc([C@@H]3CCCN3Cc3nnc(-c4ccccc4)o3)[nH]2)c1. The Balaban J connectivity index is 1.33. The second kappa shape index (κ2) is 8.23. The first-order valence-corrected chi connectivity index (χ1v) is 10.3. The quantitative estimate of drug-likeness (QED) is 0.446. The molecular weight excluding hydrogens is 419 g/mol. The van der Waals surface area contributed by atoms with Crippen molar-refractivity contribution in [3.05, 3.63) is 78.1 Å². The molecule has 1 saturated heterocycles. The maximum atomic E-state index is 13.1. The number of nitrogens with one attached hydrogen (secondary N) is 1. The third kappa shape index (κ3) is 4.16. The van der Waals surface area contributed by atoms with Crippen molar-refractivity contribution in [3.63, 3.8) is 0 Å². The minimum Gasteiger partial charge on any atom is -0.419 e. The highest BCUT2D eigenvalue weighted by Gasteiger charge is 2.32. The van der Waals surface area contributed by atoms with E-state index in [0.717, 1.165) is 42.9 Å². The number of nitrogens with zero attached hydrogens (tertiary/aromatic N) is 4. The molecule has 0 aliphatic carbocycles. The predicted octanol–water partition coefficient (Wildman–Crippen LogP) is 5.48. The Kier molecular flexibility index (Phi) is 5.26. The van der Waals surface area contributed by atoms with Gasteiger partial charge >= 0.3 is 6.18 Å². The Bertz CT molecular complexity index is 1200. The number of hydrogen-bond acceptors (Lipinski definition) is 5. The zero-order valence-electron chi connectivity index (χ0n) is 17.0. The van der Waals surface area contributed by atoms with Crippen molar-refractivity contribution in [1.82, 2.24) is 25.1 Å². The molecule has 1 aliphatic heterocycles. The fraction of sp³-hybridized carbons (Fsp3) is 0.261. The molecule has 32 heavy (non-hydrogen) atoms. The molecule has 0 saturated carbocycles. The summed E-state index contributed by atoms with van der Waals surface area (Å²) in [5.41, 5.74) is 1.19. The number of hydrogen-bond donors (Lipinski definition) is 1. The van der Waals surface area contributed by atoms with E-state index < -0.39 is 11.7 Å². The predicted molar refractivity (Wildman–Crippen MR) is 111 cm³/mol. The number of halogens is 3. The van der Waals surface area contributed by atoms with Gasteiger partial charge in [-0.25, -0.2) is 4.98 Å². The second-order valence-corrected chi connectivity index (χ2v) is 7.76. The minimum atomic E-state index is -4.39. The zero-order valence-corrected chi connectivity index (χ0v) is 17.0. The third-order valence-corrected chi connectivity index (χ3v) is 5.60. The van der Waals surface area contributed by atoms with E-state index in [1.165, 1.54) is 6.07 Å². The monoisotopic (exact) mass is 439 g/mol. The van der Waals surface area contributed by atoms with Crippen LogP contribution >= 0.6 is 0 Å². The molecule has 164 valence electrons. The van der Waals surface area contributed by atoms with Gasteiger partial charge in [-0.15, -0.1) is 10.2 Å². The van der Waals surface area contributed by atoms with Crippen LogP contribution in [0.3, 0.4) is 0 Å². The van der Waals surface area contributed by atoms with Gasteiger partial charge < -0.3 is 9.40 Å². The molecule has 0 radical (unpaired) electrons. The second-order valence-electron chi connectivity index (χ2n) is 7.76. The molecule has 6 nitrogen and oxygen atoms in total. The summed E-state index contributed by atoms with van der Waals surface area (Å²) in [5, 5.41) is 8.31. The number of H-pyrrole nitrogens is 1. The van der Waals surface area contributed by atoms with Gasteiger partial charge in [0.1, 0.15) is 5.82 Å². The molecule has 1 aliphatic rings. The molecule has 5 rings (SSSR count). The Morgan fingerprint density at radius 2 is 1.84 bits per heavy atom. The van der Waals surface area contributed by atoms with Gasteiger partial charge in [0, 0.05) is 11.1 Å². The summed E-state index contributed by atoms with van der Waals surface area (Å²) >= 11 is 0. The van der Waals surface area contributed by atoms with Crippen LogP contribution in [0.15, 0.2) is 65.2 Å². The van der Waals surface area contributed by atoms with Crippen LogP contribution in [0, 0.1) is 0 Å². The molecular formula is C23H20F3N5O. The Hall–Kier alpha value is -3.46. The van der Waals surface area contributed by atoms with Crippen molar-refractivity contribution in [1.29, 1.82) is 0 Å². The van der Waals surface area contributed by atoms with Crippen LogP contribution in [0.25, 0.3) is 22.7 Å². The largest absolute Gasteiger partial charge is 0.419 e. The Morgan fingerprint density at radius 1 is 1.03 bits per heavy atom. The van der Waals surface area contributed by atoms with E-state index in [1.54, 1.807) is 12.3 Å². The van der Waals surface area contributed by atoms with Crippen LogP contribution in [-0.4, -0.2) is 31.6 Å². The van der Waals surface area contributed by atoms with Crippen molar-refractivity contribution in [2.75, 3.05) is 6.54 Å². The number of aromatic amines is 1. The molecule has 1 fully saturated rings. The summed E-state index contributed by atoms with van der Waals surface area (Å²) in [5.74, 6) is 1.71. The average Bonchev–Trinajstić information content (AvgIpc) is 3.55. The molecule has 0 spiro atoms. The van der Waals surface area contributed by atoms with Crippen LogP contribution < -0.4 is 0 Å². The summed E-state index contributed by atoms with van der Waals surface area (Å²) in [6, 6.07) is 14.8. The number of alkyl halides is 3. The van der Waals surface area contributed by atoms with Crippen molar-refractivity contribution in [2.24, 2.45) is 0 Å². The topological polar surface area (TPSA) is 70.8 Å². The molecule has 3 heterocycles. The fourth-order valence-corrected chi connectivity index (χ4v) is 4.03. The lowest BCUT2D eigenvalue weighted by Gasteiger charge is -2.20. The minimum absolute atomic E-state index is 0.00150. The molecule has 0 unspecified atom stereocenters. The first-order chi connectivity index (χ1) is 15.5. The molecule has 0 bridgehead atoms. The van der Waals surface area contributed by atoms with Crippen molar-refractivity contribution < 1.29 is 17.6 Å². The van der Waals surface area contributed by atoms with Gasteiger partial charge in [0.05, 0.1) is 30.0 Å². The lowest BCUT2D eigenvalue weighted by Crippen LogP contribution is -2.23. The van der Waals surface area contributed by atoms with E-state index in [9.17, 15) is 13.2 Å². The normalized spacial score (nSPS) is 17.2. The van der Waals surface area contributed by atoms with Crippen LogP contribution in [0.1, 0.15) is 36.2 Å². The van der Waals surface area contributed by atoms with Gasteiger partial charge in [0.25, 0.3) is 0 Å². The summed E-state index contributed by atoms with van der Waals surface area (Å²) in [4.78, 5) is 9.87. The Labute approximate surface area is 182 Å². The molecule has 1 atom stereocenters. The molecule has 9 heteroatoms. The number of benzene rings is 2. The van der Waals surface area contributed by atoms with E-state index >= 15 is 0 Å². The number of rotatable bonds is 5. The molecule has 2 aromatic carbocycles. The Morgan fingerprint density at radius 3 is 2.66 bits per heavy atom. The highest BCUT2D eigenvalue weighted by atomic mass is 19.4. The molecule has 2 aromatic heterocycles. The van der Waals surface area contributed by atoms with E-state index in [1.807, 2.05) is 30.3 Å². The highest BCUT2D eigenvalue weighted by Crippen LogP contribution is 2.35. The summed E-state index contributed by atoms with van der Waals surface area (Å²) in [6.07, 6.45) is -0.940. The van der Waals surface area contributed by atoms with Crippen LogP contribution in [0.2, 0.25) is 0 Å².